The lowest BCUT2D eigenvalue weighted by atomic mass is 10.4. The molecule has 2 heterocycles. The number of hydrogen-bond donors (Lipinski definition) is 1. The number of primary amides is 1. The SMILES string of the molecule is NC(=O)c1ccc(S(=O)(=O)N2CCOCC2)o1. The number of hydrogen-bond acceptors (Lipinski definition) is 5. The van der Waals surface area contributed by atoms with E-state index in [0.29, 0.717) is 13.2 Å². The third-order valence-electron chi connectivity index (χ3n) is 2.39. The van der Waals surface area contributed by atoms with Gasteiger partial charge in [-0.1, -0.05) is 0 Å². The van der Waals surface area contributed by atoms with Crippen molar-refractivity contribution in [1.82, 2.24) is 4.31 Å². The van der Waals surface area contributed by atoms with Gasteiger partial charge in [-0.05, 0) is 12.1 Å². The highest BCUT2D eigenvalue weighted by molar-refractivity contribution is 7.89. The van der Waals surface area contributed by atoms with Crippen LogP contribution < -0.4 is 5.73 Å². The van der Waals surface area contributed by atoms with Gasteiger partial charge in [-0.2, -0.15) is 4.31 Å². The van der Waals surface area contributed by atoms with E-state index in [1.807, 2.05) is 0 Å². The van der Waals surface area contributed by atoms with E-state index in [9.17, 15) is 13.2 Å². The van der Waals surface area contributed by atoms with Gasteiger partial charge in [-0.15, -0.1) is 0 Å². The van der Waals surface area contributed by atoms with Crippen molar-refractivity contribution in [2.45, 2.75) is 5.09 Å². The Morgan fingerprint density at radius 1 is 1.29 bits per heavy atom. The van der Waals surface area contributed by atoms with Gasteiger partial charge in [0.15, 0.2) is 5.76 Å². The number of furan rings is 1. The first-order valence-electron chi connectivity index (χ1n) is 4.99. The standard InChI is InChI=1S/C9H12N2O5S/c10-9(12)7-1-2-8(16-7)17(13,14)11-3-5-15-6-4-11/h1-2H,3-6H2,(H2,10,12). The minimum absolute atomic E-state index is 0.170. The van der Waals surface area contributed by atoms with Crippen molar-refractivity contribution in [1.29, 1.82) is 0 Å². The maximum atomic E-state index is 12.0. The fraction of sp³-hybridized carbons (Fsp3) is 0.444. The Morgan fingerprint density at radius 2 is 1.94 bits per heavy atom. The molecule has 0 atom stereocenters. The van der Waals surface area contributed by atoms with Crippen molar-refractivity contribution >= 4 is 15.9 Å². The molecule has 94 valence electrons. The second-order valence-corrected chi connectivity index (χ2v) is 5.37. The van der Waals surface area contributed by atoms with Crippen LogP contribution in [0.25, 0.3) is 0 Å². The number of ether oxygens (including phenoxy) is 1. The molecule has 0 radical (unpaired) electrons. The van der Waals surface area contributed by atoms with E-state index in [1.165, 1.54) is 16.4 Å². The van der Waals surface area contributed by atoms with Crippen molar-refractivity contribution in [2.24, 2.45) is 5.73 Å². The van der Waals surface area contributed by atoms with Crippen LogP contribution in [0.3, 0.4) is 0 Å². The molecular formula is C9H12N2O5S. The average Bonchev–Trinajstić information content (AvgIpc) is 2.80. The van der Waals surface area contributed by atoms with Gasteiger partial charge in [0.05, 0.1) is 13.2 Å². The molecule has 0 saturated carbocycles. The maximum Gasteiger partial charge on any atom is 0.284 e. The number of rotatable bonds is 3. The third-order valence-corrected chi connectivity index (χ3v) is 4.16. The van der Waals surface area contributed by atoms with Gasteiger partial charge in [-0.3, -0.25) is 4.79 Å². The molecule has 0 aliphatic carbocycles. The summed E-state index contributed by atoms with van der Waals surface area (Å²) in [6.45, 7) is 1.25. The number of nitrogens with zero attached hydrogens (tertiary/aromatic N) is 1. The van der Waals surface area contributed by atoms with Crippen LogP contribution in [0.4, 0.5) is 0 Å². The monoisotopic (exact) mass is 260 g/mol. The summed E-state index contributed by atoms with van der Waals surface area (Å²) in [6.07, 6.45) is 0. The van der Waals surface area contributed by atoms with Gasteiger partial charge in [0, 0.05) is 13.1 Å². The number of amides is 1. The first kappa shape index (κ1) is 12.1. The summed E-state index contributed by atoms with van der Waals surface area (Å²) in [5.74, 6) is -0.967. The Kier molecular flexibility index (Phi) is 3.18. The molecule has 1 aliphatic heterocycles. The van der Waals surface area contributed by atoms with Crippen molar-refractivity contribution in [3.05, 3.63) is 17.9 Å². The van der Waals surface area contributed by atoms with Crippen molar-refractivity contribution in [3.8, 4) is 0 Å². The fourth-order valence-corrected chi connectivity index (χ4v) is 2.82. The molecule has 1 aliphatic rings. The highest BCUT2D eigenvalue weighted by atomic mass is 32.2. The van der Waals surface area contributed by atoms with Crippen LogP contribution in [0.15, 0.2) is 21.6 Å². The van der Waals surface area contributed by atoms with E-state index in [4.69, 9.17) is 14.9 Å². The molecule has 0 bridgehead atoms. The molecule has 0 aromatic carbocycles. The molecule has 1 aromatic heterocycles. The molecule has 1 fully saturated rings. The van der Waals surface area contributed by atoms with E-state index in [2.05, 4.69) is 0 Å². The topological polar surface area (TPSA) is 103 Å². The Balaban J connectivity index is 2.27. The van der Waals surface area contributed by atoms with Crippen LogP contribution >= 0.6 is 0 Å². The molecule has 1 aromatic rings. The smallest absolute Gasteiger partial charge is 0.284 e. The van der Waals surface area contributed by atoms with E-state index in [-0.39, 0.29) is 23.9 Å². The zero-order valence-electron chi connectivity index (χ0n) is 8.96. The van der Waals surface area contributed by atoms with Gasteiger partial charge in [0.25, 0.3) is 15.9 Å². The molecule has 17 heavy (non-hydrogen) atoms. The minimum atomic E-state index is -3.70. The summed E-state index contributed by atoms with van der Waals surface area (Å²) in [5.41, 5.74) is 4.99. The Hall–Kier alpha value is -1.38. The number of nitrogens with two attached hydrogens (primary N) is 1. The van der Waals surface area contributed by atoms with Gasteiger partial charge in [0.1, 0.15) is 0 Å². The zero-order valence-corrected chi connectivity index (χ0v) is 9.77. The van der Waals surface area contributed by atoms with E-state index in [0.717, 1.165) is 0 Å². The summed E-state index contributed by atoms with van der Waals surface area (Å²) < 4.78 is 35.3. The molecular weight excluding hydrogens is 248 g/mol. The van der Waals surface area contributed by atoms with Gasteiger partial charge < -0.3 is 14.9 Å². The molecule has 1 amide bonds. The molecule has 0 spiro atoms. The highest BCUT2D eigenvalue weighted by Crippen LogP contribution is 2.19. The summed E-state index contributed by atoms with van der Waals surface area (Å²) in [7, 11) is -3.70. The van der Waals surface area contributed by atoms with Crippen LogP contribution in [0.5, 0.6) is 0 Å². The molecule has 1 saturated heterocycles. The Morgan fingerprint density at radius 3 is 2.47 bits per heavy atom. The highest BCUT2D eigenvalue weighted by Gasteiger charge is 2.29. The van der Waals surface area contributed by atoms with Gasteiger partial charge in [0.2, 0.25) is 5.09 Å². The van der Waals surface area contributed by atoms with Gasteiger partial charge >= 0.3 is 0 Å². The zero-order chi connectivity index (χ0) is 12.5. The van der Waals surface area contributed by atoms with E-state index in [1.54, 1.807) is 0 Å². The summed E-state index contributed by atoms with van der Waals surface area (Å²) in [4.78, 5) is 10.8. The lowest BCUT2D eigenvalue weighted by Crippen LogP contribution is -2.40. The lowest BCUT2D eigenvalue weighted by Gasteiger charge is -2.24. The lowest BCUT2D eigenvalue weighted by molar-refractivity contribution is 0.0723. The normalized spacial score (nSPS) is 18.1. The van der Waals surface area contributed by atoms with Crippen LogP contribution in [0, 0.1) is 0 Å². The van der Waals surface area contributed by atoms with Crippen molar-refractivity contribution < 1.29 is 22.4 Å². The van der Waals surface area contributed by atoms with Crippen LogP contribution in [-0.4, -0.2) is 44.9 Å². The molecule has 0 unspecified atom stereocenters. The maximum absolute atomic E-state index is 12.0. The molecule has 8 heteroatoms. The van der Waals surface area contributed by atoms with Crippen molar-refractivity contribution in [3.63, 3.8) is 0 Å². The number of morpholine rings is 1. The van der Waals surface area contributed by atoms with Crippen LogP contribution in [0.2, 0.25) is 0 Å². The first-order valence-corrected chi connectivity index (χ1v) is 6.43. The quantitative estimate of drug-likeness (QED) is 0.781. The number of sulfonamides is 1. The third kappa shape index (κ3) is 2.33. The first-order chi connectivity index (χ1) is 8.01. The largest absolute Gasteiger partial charge is 0.438 e. The Bertz CT molecular complexity index is 515. The summed E-state index contributed by atoms with van der Waals surface area (Å²) >= 11 is 0. The average molecular weight is 260 g/mol. The fourth-order valence-electron chi connectivity index (χ4n) is 1.51. The minimum Gasteiger partial charge on any atom is -0.438 e. The predicted molar refractivity (Wildman–Crippen MR) is 56.8 cm³/mol. The van der Waals surface area contributed by atoms with Crippen molar-refractivity contribution in [2.75, 3.05) is 26.3 Å². The second-order valence-electron chi connectivity index (χ2n) is 3.50. The number of carbonyl (C=O) groups is 1. The molecule has 2 rings (SSSR count). The summed E-state index contributed by atoms with van der Waals surface area (Å²) in [6, 6.07) is 2.47. The molecule has 7 nitrogen and oxygen atoms in total. The van der Waals surface area contributed by atoms with Crippen LogP contribution in [0.1, 0.15) is 10.6 Å². The van der Waals surface area contributed by atoms with E-state index >= 15 is 0 Å². The van der Waals surface area contributed by atoms with Crippen LogP contribution in [-0.2, 0) is 14.8 Å². The van der Waals surface area contributed by atoms with E-state index < -0.39 is 15.9 Å². The second kappa shape index (κ2) is 4.47. The summed E-state index contributed by atoms with van der Waals surface area (Å²) in [5, 5.41) is -0.270. The number of carbonyl (C=O) groups excluding carboxylic acids is 1. The Labute approximate surface area is 98.2 Å². The van der Waals surface area contributed by atoms with Gasteiger partial charge in [-0.25, -0.2) is 8.42 Å². The molecule has 2 N–H and O–H groups in total. The predicted octanol–water partition coefficient (Wildman–Crippen LogP) is -0.601.